The number of hydrogen-bond acceptors (Lipinski definition) is 2. The van der Waals surface area contributed by atoms with Gasteiger partial charge in [0.15, 0.2) is 0 Å². The number of nitrogens with one attached hydrogen (secondary N) is 2. The number of amides is 1. The standard InChI is InChI=1S/C10H12F2N2O/c1-13-6-10(15)14-5-7-8(11)3-2-4-9(7)12/h2-4,13H,5-6H2,1H3,(H,14,15). The van der Waals surface area contributed by atoms with Crippen LogP contribution in [0.15, 0.2) is 18.2 Å². The highest BCUT2D eigenvalue weighted by Gasteiger charge is 2.08. The van der Waals surface area contributed by atoms with Gasteiger partial charge in [-0.25, -0.2) is 8.78 Å². The smallest absolute Gasteiger partial charge is 0.234 e. The van der Waals surface area contributed by atoms with E-state index in [2.05, 4.69) is 10.6 Å². The topological polar surface area (TPSA) is 41.1 Å². The molecule has 2 N–H and O–H groups in total. The minimum atomic E-state index is -0.653. The van der Waals surface area contributed by atoms with Gasteiger partial charge in [-0.15, -0.1) is 0 Å². The molecule has 1 aromatic carbocycles. The number of halogens is 2. The molecule has 0 fully saturated rings. The van der Waals surface area contributed by atoms with Crippen molar-refractivity contribution in [1.29, 1.82) is 0 Å². The second-order valence-electron chi connectivity index (χ2n) is 3.01. The zero-order valence-electron chi connectivity index (χ0n) is 8.31. The maximum absolute atomic E-state index is 13.1. The third-order valence-corrected chi connectivity index (χ3v) is 1.86. The van der Waals surface area contributed by atoms with E-state index in [-0.39, 0.29) is 24.6 Å². The molecule has 0 bridgehead atoms. The summed E-state index contributed by atoms with van der Waals surface area (Å²) in [6.45, 7) is -0.0188. The largest absolute Gasteiger partial charge is 0.351 e. The normalized spacial score (nSPS) is 10.1. The Hall–Kier alpha value is -1.49. The summed E-state index contributed by atoms with van der Waals surface area (Å²) in [5.41, 5.74) is -0.123. The van der Waals surface area contributed by atoms with Crippen LogP contribution < -0.4 is 10.6 Å². The highest BCUT2D eigenvalue weighted by Crippen LogP contribution is 2.11. The van der Waals surface area contributed by atoms with Crippen molar-refractivity contribution >= 4 is 5.91 Å². The molecule has 5 heteroatoms. The van der Waals surface area contributed by atoms with Crippen LogP contribution in [0.5, 0.6) is 0 Å². The zero-order valence-corrected chi connectivity index (χ0v) is 8.31. The number of hydrogen-bond donors (Lipinski definition) is 2. The summed E-state index contributed by atoms with van der Waals surface area (Å²) in [5, 5.41) is 5.03. The first-order valence-electron chi connectivity index (χ1n) is 4.49. The van der Waals surface area contributed by atoms with Gasteiger partial charge < -0.3 is 10.6 Å². The van der Waals surface area contributed by atoms with Gasteiger partial charge >= 0.3 is 0 Å². The Morgan fingerprint density at radius 1 is 1.33 bits per heavy atom. The molecule has 0 unspecified atom stereocenters. The van der Waals surface area contributed by atoms with E-state index in [1.54, 1.807) is 7.05 Å². The molecular formula is C10H12F2N2O. The van der Waals surface area contributed by atoms with Crippen LogP contribution in [-0.2, 0) is 11.3 Å². The lowest BCUT2D eigenvalue weighted by atomic mass is 10.2. The summed E-state index contributed by atoms with van der Waals surface area (Å²) < 4.78 is 26.2. The van der Waals surface area contributed by atoms with Crippen LogP contribution in [0.2, 0.25) is 0 Å². The van der Waals surface area contributed by atoms with Gasteiger partial charge in [0.1, 0.15) is 11.6 Å². The molecule has 0 saturated carbocycles. The number of carbonyl (C=O) groups is 1. The fourth-order valence-electron chi connectivity index (χ4n) is 1.11. The average molecular weight is 214 g/mol. The van der Waals surface area contributed by atoms with Crippen LogP contribution in [-0.4, -0.2) is 19.5 Å². The van der Waals surface area contributed by atoms with Crippen LogP contribution in [0.1, 0.15) is 5.56 Å². The molecule has 0 heterocycles. The van der Waals surface area contributed by atoms with E-state index < -0.39 is 11.6 Å². The van der Waals surface area contributed by atoms with Crippen LogP contribution in [0.3, 0.4) is 0 Å². The first-order valence-corrected chi connectivity index (χ1v) is 4.49. The Bertz CT molecular complexity index is 335. The first kappa shape index (κ1) is 11.6. The summed E-state index contributed by atoms with van der Waals surface area (Å²) in [6, 6.07) is 3.59. The summed E-state index contributed by atoms with van der Waals surface area (Å²) in [7, 11) is 1.61. The molecule has 1 aromatic rings. The summed E-state index contributed by atoms with van der Waals surface area (Å²) in [5.74, 6) is -1.61. The van der Waals surface area contributed by atoms with E-state index in [0.29, 0.717) is 0 Å². The van der Waals surface area contributed by atoms with Crippen molar-refractivity contribution in [3.8, 4) is 0 Å². The second kappa shape index (κ2) is 5.41. The van der Waals surface area contributed by atoms with E-state index in [9.17, 15) is 13.6 Å². The van der Waals surface area contributed by atoms with E-state index in [4.69, 9.17) is 0 Å². The molecule has 3 nitrogen and oxygen atoms in total. The number of carbonyl (C=O) groups excluding carboxylic acids is 1. The molecule has 0 aliphatic rings. The molecule has 15 heavy (non-hydrogen) atoms. The van der Waals surface area contributed by atoms with E-state index in [1.165, 1.54) is 6.07 Å². The van der Waals surface area contributed by atoms with Gasteiger partial charge in [-0.1, -0.05) is 6.07 Å². The molecular weight excluding hydrogens is 202 g/mol. The number of benzene rings is 1. The molecule has 0 aliphatic heterocycles. The van der Waals surface area contributed by atoms with Crippen LogP contribution in [0.4, 0.5) is 8.78 Å². The van der Waals surface area contributed by atoms with E-state index in [0.717, 1.165) is 12.1 Å². The second-order valence-corrected chi connectivity index (χ2v) is 3.01. The van der Waals surface area contributed by atoms with E-state index in [1.807, 2.05) is 0 Å². The molecule has 0 radical (unpaired) electrons. The average Bonchev–Trinajstić information content (AvgIpc) is 2.17. The molecule has 1 amide bonds. The summed E-state index contributed by atoms with van der Waals surface area (Å²) in [4.78, 5) is 11.0. The fourth-order valence-corrected chi connectivity index (χ4v) is 1.11. The predicted molar refractivity (Wildman–Crippen MR) is 52.1 cm³/mol. The van der Waals surface area contributed by atoms with Crippen molar-refractivity contribution in [3.63, 3.8) is 0 Å². The van der Waals surface area contributed by atoms with Crippen molar-refractivity contribution in [1.82, 2.24) is 10.6 Å². The molecule has 0 spiro atoms. The Balaban J connectivity index is 2.61. The molecule has 0 aromatic heterocycles. The van der Waals surface area contributed by atoms with Gasteiger partial charge in [0, 0.05) is 12.1 Å². The third kappa shape index (κ3) is 3.28. The van der Waals surface area contributed by atoms with Crippen LogP contribution in [0.25, 0.3) is 0 Å². The quantitative estimate of drug-likeness (QED) is 0.778. The van der Waals surface area contributed by atoms with Crippen molar-refractivity contribution in [3.05, 3.63) is 35.4 Å². The van der Waals surface area contributed by atoms with Crippen molar-refractivity contribution in [2.24, 2.45) is 0 Å². The lowest BCUT2D eigenvalue weighted by molar-refractivity contribution is -0.120. The molecule has 0 saturated heterocycles. The van der Waals surface area contributed by atoms with Crippen molar-refractivity contribution in [2.75, 3.05) is 13.6 Å². The highest BCUT2D eigenvalue weighted by molar-refractivity contribution is 5.77. The Morgan fingerprint density at radius 3 is 2.47 bits per heavy atom. The van der Waals surface area contributed by atoms with Crippen LogP contribution in [0, 0.1) is 11.6 Å². The Kier molecular flexibility index (Phi) is 4.17. The minimum Gasteiger partial charge on any atom is -0.351 e. The van der Waals surface area contributed by atoms with Gasteiger partial charge in [0.05, 0.1) is 6.54 Å². The SMILES string of the molecule is CNCC(=O)NCc1c(F)cccc1F. The monoisotopic (exact) mass is 214 g/mol. The van der Waals surface area contributed by atoms with Gasteiger partial charge in [-0.05, 0) is 19.2 Å². The minimum absolute atomic E-state index is 0.121. The molecule has 0 atom stereocenters. The maximum Gasteiger partial charge on any atom is 0.234 e. The van der Waals surface area contributed by atoms with Gasteiger partial charge in [0.25, 0.3) is 0 Å². The number of likely N-dealkylation sites (N-methyl/N-ethyl adjacent to an activating group) is 1. The first-order chi connectivity index (χ1) is 7.15. The molecule has 1 rings (SSSR count). The van der Waals surface area contributed by atoms with E-state index >= 15 is 0 Å². The summed E-state index contributed by atoms with van der Waals surface area (Å²) >= 11 is 0. The lowest BCUT2D eigenvalue weighted by Gasteiger charge is -2.06. The fraction of sp³-hybridized carbons (Fsp3) is 0.300. The molecule has 82 valence electrons. The van der Waals surface area contributed by atoms with Crippen molar-refractivity contribution in [2.45, 2.75) is 6.54 Å². The lowest BCUT2D eigenvalue weighted by Crippen LogP contribution is -2.32. The van der Waals surface area contributed by atoms with Gasteiger partial charge in [-0.3, -0.25) is 4.79 Å². The Labute approximate surface area is 86.5 Å². The number of rotatable bonds is 4. The van der Waals surface area contributed by atoms with Crippen molar-refractivity contribution < 1.29 is 13.6 Å². The molecule has 0 aliphatic carbocycles. The third-order valence-electron chi connectivity index (χ3n) is 1.86. The predicted octanol–water partition coefficient (Wildman–Crippen LogP) is 0.800. The van der Waals surface area contributed by atoms with Gasteiger partial charge in [0.2, 0.25) is 5.91 Å². The van der Waals surface area contributed by atoms with Crippen LogP contribution >= 0.6 is 0 Å². The zero-order chi connectivity index (χ0) is 11.3. The highest BCUT2D eigenvalue weighted by atomic mass is 19.1. The Morgan fingerprint density at radius 2 is 1.93 bits per heavy atom. The van der Waals surface area contributed by atoms with Gasteiger partial charge in [-0.2, -0.15) is 0 Å². The summed E-state index contributed by atoms with van der Waals surface area (Å²) in [6.07, 6.45) is 0. The maximum atomic E-state index is 13.1.